The molecule has 0 saturated carbocycles. The molecule has 0 aromatic heterocycles. The number of halogens is 2. The van der Waals surface area contributed by atoms with Gasteiger partial charge in [0, 0.05) is 12.5 Å². The van der Waals surface area contributed by atoms with E-state index in [0.29, 0.717) is 35.3 Å². The van der Waals surface area contributed by atoms with Crippen molar-refractivity contribution in [2.45, 2.75) is 32.6 Å². The number of hydrogen-bond acceptors (Lipinski definition) is 4. The molecule has 0 spiro atoms. The smallest absolute Gasteiger partial charge is 0.224 e. The van der Waals surface area contributed by atoms with Crippen LogP contribution >= 0.6 is 12.4 Å². The van der Waals surface area contributed by atoms with E-state index in [1.807, 2.05) is 19.1 Å². The first-order valence-corrected chi connectivity index (χ1v) is 9.68. The maximum atomic E-state index is 13.8. The van der Waals surface area contributed by atoms with Gasteiger partial charge in [0.05, 0.1) is 12.8 Å². The van der Waals surface area contributed by atoms with Crippen LogP contribution in [0.15, 0.2) is 36.4 Å². The van der Waals surface area contributed by atoms with E-state index in [4.69, 9.17) is 9.47 Å². The number of nitrogens with one attached hydrogen (secondary N) is 2. The molecule has 1 aliphatic heterocycles. The van der Waals surface area contributed by atoms with Crippen LogP contribution in [-0.2, 0) is 4.79 Å². The second-order valence-corrected chi connectivity index (χ2v) is 7.18. The number of amides is 1. The second-order valence-electron chi connectivity index (χ2n) is 7.18. The van der Waals surface area contributed by atoms with Gasteiger partial charge in [0.2, 0.25) is 5.91 Å². The first-order chi connectivity index (χ1) is 13.5. The van der Waals surface area contributed by atoms with Crippen LogP contribution in [0.4, 0.5) is 10.1 Å². The van der Waals surface area contributed by atoms with Crippen molar-refractivity contribution in [3.05, 3.63) is 47.8 Å². The van der Waals surface area contributed by atoms with Crippen molar-refractivity contribution in [3.63, 3.8) is 0 Å². The summed E-state index contributed by atoms with van der Waals surface area (Å²) in [6.45, 7) is 3.97. The number of carbonyl (C=O) groups is 1. The first-order valence-electron chi connectivity index (χ1n) is 9.68. The van der Waals surface area contributed by atoms with Crippen molar-refractivity contribution in [2.24, 2.45) is 5.92 Å². The zero-order valence-electron chi connectivity index (χ0n) is 16.8. The zero-order chi connectivity index (χ0) is 19.9. The number of piperidine rings is 1. The monoisotopic (exact) mass is 422 g/mol. The van der Waals surface area contributed by atoms with Crippen molar-refractivity contribution >= 4 is 24.0 Å². The van der Waals surface area contributed by atoms with Crippen LogP contribution in [0.3, 0.4) is 0 Å². The van der Waals surface area contributed by atoms with Crippen LogP contribution < -0.4 is 20.1 Å². The lowest BCUT2D eigenvalue weighted by Crippen LogP contribution is -2.28. The van der Waals surface area contributed by atoms with E-state index in [0.717, 1.165) is 37.9 Å². The normalized spacial score (nSPS) is 14.0. The molecule has 0 unspecified atom stereocenters. The summed E-state index contributed by atoms with van der Waals surface area (Å²) in [5.41, 5.74) is 1.35. The van der Waals surface area contributed by atoms with Crippen LogP contribution in [0.25, 0.3) is 0 Å². The van der Waals surface area contributed by atoms with Gasteiger partial charge in [0.15, 0.2) is 17.2 Å². The van der Waals surface area contributed by atoms with Crippen LogP contribution in [0, 0.1) is 18.7 Å². The number of methoxy groups -OCH3 is 1. The van der Waals surface area contributed by atoms with E-state index in [9.17, 15) is 9.18 Å². The van der Waals surface area contributed by atoms with Gasteiger partial charge in [-0.25, -0.2) is 4.39 Å². The number of aryl methyl sites for hydroxylation is 1. The topological polar surface area (TPSA) is 59.6 Å². The Balaban J connectivity index is 0.00000300. The fourth-order valence-electron chi connectivity index (χ4n) is 3.38. The molecule has 158 valence electrons. The Bertz CT molecular complexity index is 826. The van der Waals surface area contributed by atoms with Crippen molar-refractivity contribution < 1.29 is 18.7 Å². The molecular weight excluding hydrogens is 395 g/mol. The Labute approximate surface area is 177 Å². The quantitative estimate of drug-likeness (QED) is 0.653. The molecule has 1 aliphatic rings. The van der Waals surface area contributed by atoms with E-state index >= 15 is 0 Å². The molecule has 7 heteroatoms. The third-order valence-corrected chi connectivity index (χ3v) is 4.99. The maximum absolute atomic E-state index is 13.8. The summed E-state index contributed by atoms with van der Waals surface area (Å²) in [6, 6.07) is 9.64. The number of carbonyl (C=O) groups excluding carboxylic acids is 1. The SMILES string of the molecule is COc1cc(C)ccc1Oc1ccc(F)cc1NC(=O)CCC1CCNCC1.Cl. The summed E-state index contributed by atoms with van der Waals surface area (Å²) in [4.78, 5) is 12.4. The summed E-state index contributed by atoms with van der Waals surface area (Å²) in [5, 5.41) is 6.12. The Morgan fingerprint density at radius 1 is 1.14 bits per heavy atom. The van der Waals surface area contributed by atoms with E-state index in [2.05, 4.69) is 10.6 Å². The van der Waals surface area contributed by atoms with Crippen LogP contribution in [0.2, 0.25) is 0 Å². The van der Waals surface area contributed by atoms with Crippen molar-refractivity contribution in [2.75, 3.05) is 25.5 Å². The average Bonchev–Trinajstić information content (AvgIpc) is 2.70. The molecule has 29 heavy (non-hydrogen) atoms. The van der Waals surface area contributed by atoms with E-state index in [1.54, 1.807) is 13.2 Å². The summed E-state index contributed by atoms with van der Waals surface area (Å²) in [6.07, 6.45) is 3.43. The highest BCUT2D eigenvalue weighted by Crippen LogP contribution is 2.36. The van der Waals surface area contributed by atoms with Crippen LogP contribution in [0.1, 0.15) is 31.2 Å². The molecule has 5 nitrogen and oxygen atoms in total. The highest BCUT2D eigenvalue weighted by Gasteiger charge is 2.16. The predicted molar refractivity (Wildman–Crippen MR) is 115 cm³/mol. The molecule has 0 atom stereocenters. The van der Waals surface area contributed by atoms with Crippen LogP contribution in [0.5, 0.6) is 17.2 Å². The van der Waals surface area contributed by atoms with Gasteiger partial charge in [-0.2, -0.15) is 0 Å². The molecule has 0 radical (unpaired) electrons. The molecule has 2 aromatic carbocycles. The summed E-state index contributed by atoms with van der Waals surface area (Å²) < 4.78 is 25.1. The van der Waals surface area contributed by atoms with E-state index in [-0.39, 0.29) is 18.3 Å². The highest BCUT2D eigenvalue weighted by atomic mass is 35.5. The molecule has 3 rings (SSSR count). The summed E-state index contributed by atoms with van der Waals surface area (Å²) in [7, 11) is 1.57. The molecule has 0 aliphatic carbocycles. The molecule has 0 bridgehead atoms. The number of rotatable bonds is 7. The fourth-order valence-corrected chi connectivity index (χ4v) is 3.38. The third-order valence-electron chi connectivity index (χ3n) is 4.99. The Morgan fingerprint density at radius 3 is 2.59 bits per heavy atom. The molecule has 1 fully saturated rings. The van der Waals surface area contributed by atoms with Gasteiger partial charge < -0.3 is 20.1 Å². The van der Waals surface area contributed by atoms with Crippen LogP contribution in [-0.4, -0.2) is 26.1 Å². The molecular formula is C22H28ClFN2O3. The minimum absolute atomic E-state index is 0. The predicted octanol–water partition coefficient (Wildman–Crippen LogP) is 5.08. The van der Waals surface area contributed by atoms with Crippen molar-refractivity contribution in [3.8, 4) is 17.2 Å². The molecule has 1 heterocycles. The minimum atomic E-state index is -0.433. The number of hydrogen-bond donors (Lipinski definition) is 2. The van der Waals surface area contributed by atoms with Gasteiger partial charge in [-0.15, -0.1) is 12.4 Å². The fraction of sp³-hybridized carbons (Fsp3) is 0.409. The Morgan fingerprint density at radius 2 is 1.86 bits per heavy atom. The lowest BCUT2D eigenvalue weighted by molar-refractivity contribution is -0.116. The summed E-state index contributed by atoms with van der Waals surface area (Å²) in [5.74, 6) is 1.45. The Hall–Kier alpha value is -2.31. The minimum Gasteiger partial charge on any atom is -0.493 e. The standard InChI is InChI=1S/C22H27FN2O3.ClH/c1-15-3-6-20(21(13-15)27-2)28-19-7-5-17(23)14-18(19)25-22(26)8-4-16-9-11-24-12-10-16;/h3,5-7,13-14,16,24H,4,8-12H2,1-2H3,(H,25,26);1H. The zero-order valence-corrected chi connectivity index (χ0v) is 17.6. The van der Waals surface area contributed by atoms with E-state index in [1.165, 1.54) is 18.2 Å². The molecule has 1 amide bonds. The van der Waals surface area contributed by atoms with Crippen molar-refractivity contribution in [1.29, 1.82) is 0 Å². The van der Waals surface area contributed by atoms with Gasteiger partial charge in [-0.3, -0.25) is 4.79 Å². The first kappa shape index (κ1) is 23.0. The van der Waals surface area contributed by atoms with Crippen molar-refractivity contribution in [1.82, 2.24) is 5.32 Å². The number of benzene rings is 2. The number of anilines is 1. The van der Waals surface area contributed by atoms with Gasteiger partial charge in [0.25, 0.3) is 0 Å². The lowest BCUT2D eigenvalue weighted by atomic mass is 9.93. The van der Waals surface area contributed by atoms with Gasteiger partial charge >= 0.3 is 0 Å². The van der Waals surface area contributed by atoms with Gasteiger partial charge in [-0.1, -0.05) is 6.07 Å². The highest BCUT2D eigenvalue weighted by molar-refractivity contribution is 5.92. The summed E-state index contributed by atoms with van der Waals surface area (Å²) >= 11 is 0. The molecule has 1 saturated heterocycles. The van der Waals surface area contributed by atoms with Gasteiger partial charge in [-0.05, 0) is 75.0 Å². The van der Waals surface area contributed by atoms with Gasteiger partial charge in [0.1, 0.15) is 5.82 Å². The Kier molecular flexibility index (Phi) is 8.73. The lowest BCUT2D eigenvalue weighted by Gasteiger charge is -2.22. The van der Waals surface area contributed by atoms with E-state index < -0.39 is 5.82 Å². The second kappa shape index (κ2) is 11.0. The largest absolute Gasteiger partial charge is 0.493 e. The average molecular weight is 423 g/mol. The third kappa shape index (κ3) is 6.61. The number of ether oxygens (including phenoxy) is 2. The molecule has 2 aromatic rings. The molecule has 2 N–H and O–H groups in total. The maximum Gasteiger partial charge on any atom is 0.224 e.